The Balaban J connectivity index is 2.34. The van der Waals surface area contributed by atoms with Crippen LogP contribution in [-0.4, -0.2) is 37.5 Å². The van der Waals surface area contributed by atoms with Gasteiger partial charge in [-0.3, -0.25) is 4.79 Å². The lowest BCUT2D eigenvalue weighted by Gasteiger charge is -2.32. The molecule has 1 amide bonds. The van der Waals surface area contributed by atoms with Crippen LogP contribution >= 0.6 is 0 Å². The lowest BCUT2D eigenvalue weighted by Crippen LogP contribution is -2.40. The van der Waals surface area contributed by atoms with Gasteiger partial charge >= 0.3 is 6.41 Å². The predicted molar refractivity (Wildman–Crippen MR) is 48.6 cm³/mol. The smallest absolute Gasteiger partial charge is 0.309 e. The maximum Gasteiger partial charge on any atom is 0.309 e. The summed E-state index contributed by atoms with van der Waals surface area (Å²) in [6, 6.07) is 0.980. The SMILES string of the molecule is CN(C)C1CCCC(N[C]=O)C1. The van der Waals surface area contributed by atoms with Gasteiger partial charge in [0, 0.05) is 12.1 Å². The summed E-state index contributed by atoms with van der Waals surface area (Å²) in [5.41, 5.74) is 0. The topological polar surface area (TPSA) is 32.3 Å². The van der Waals surface area contributed by atoms with E-state index in [2.05, 4.69) is 24.3 Å². The molecule has 2 unspecified atom stereocenters. The molecule has 0 aliphatic heterocycles. The largest absolute Gasteiger partial charge is 0.345 e. The van der Waals surface area contributed by atoms with Crippen LogP contribution in [0.25, 0.3) is 0 Å². The molecule has 0 bridgehead atoms. The first-order valence-electron chi connectivity index (χ1n) is 4.53. The van der Waals surface area contributed by atoms with Gasteiger partial charge in [-0.25, -0.2) is 0 Å². The first-order chi connectivity index (χ1) is 5.74. The van der Waals surface area contributed by atoms with Gasteiger partial charge in [0.1, 0.15) is 0 Å². The molecule has 1 rings (SSSR count). The summed E-state index contributed by atoms with van der Waals surface area (Å²) in [7, 11) is 4.19. The van der Waals surface area contributed by atoms with Gasteiger partial charge in [-0.1, -0.05) is 0 Å². The van der Waals surface area contributed by atoms with Crippen molar-refractivity contribution >= 4 is 6.41 Å². The van der Waals surface area contributed by atoms with Crippen LogP contribution in [0.1, 0.15) is 25.7 Å². The Hall–Kier alpha value is -0.570. The molecule has 12 heavy (non-hydrogen) atoms. The van der Waals surface area contributed by atoms with E-state index in [0.29, 0.717) is 12.1 Å². The predicted octanol–water partition coefficient (Wildman–Crippen LogP) is 0.516. The minimum Gasteiger partial charge on any atom is -0.345 e. The van der Waals surface area contributed by atoms with Crippen LogP contribution in [0.4, 0.5) is 0 Å². The highest BCUT2D eigenvalue weighted by molar-refractivity contribution is 5.47. The van der Waals surface area contributed by atoms with Gasteiger partial charge in [0.15, 0.2) is 0 Å². The van der Waals surface area contributed by atoms with Crippen molar-refractivity contribution in [2.75, 3.05) is 14.1 Å². The van der Waals surface area contributed by atoms with Gasteiger partial charge in [0.2, 0.25) is 0 Å². The fourth-order valence-corrected chi connectivity index (χ4v) is 1.85. The molecule has 0 saturated heterocycles. The molecule has 3 heteroatoms. The van der Waals surface area contributed by atoms with Crippen molar-refractivity contribution in [3.8, 4) is 0 Å². The molecule has 1 saturated carbocycles. The molecule has 1 radical (unpaired) electrons. The van der Waals surface area contributed by atoms with E-state index in [9.17, 15) is 4.79 Å². The normalized spacial score (nSPS) is 30.2. The van der Waals surface area contributed by atoms with E-state index in [1.165, 1.54) is 12.8 Å². The number of nitrogens with zero attached hydrogens (tertiary/aromatic N) is 1. The van der Waals surface area contributed by atoms with Gasteiger partial charge in [0.25, 0.3) is 0 Å². The summed E-state index contributed by atoms with van der Waals surface area (Å²) >= 11 is 0. The third-order valence-electron chi connectivity index (χ3n) is 2.64. The molecule has 0 aromatic rings. The van der Waals surface area contributed by atoms with E-state index in [0.717, 1.165) is 12.8 Å². The van der Waals surface area contributed by atoms with Gasteiger partial charge < -0.3 is 10.2 Å². The first kappa shape index (κ1) is 9.52. The van der Waals surface area contributed by atoms with E-state index in [4.69, 9.17) is 0 Å². The third-order valence-corrected chi connectivity index (χ3v) is 2.64. The molecule has 1 aliphatic rings. The first-order valence-corrected chi connectivity index (χ1v) is 4.53. The molecule has 2 atom stereocenters. The van der Waals surface area contributed by atoms with Gasteiger partial charge in [-0.05, 0) is 39.8 Å². The van der Waals surface area contributed by atoms with Gasteiger partial charge in [-0.2, -0.15) is 0 Å². The minimum atomic E-state index is 0.351. The number of amides is 1. The third kappa shape index (κ3) is 2.48. The molecule has 0 aromatic carbocycles. The number of hydrogen-bond acceptors (Lipinski definition) is 2. The fraction of sp³-hybridized carbons (Fsp3) is 0.889. The van der Waals surface area contributed by atoms with E-state index in [-0.39, 0.29) is 0 Å². The van der Waals surface area contributed by atoms with Crippen molar-refractivity contribution in [3.05, 3.63) is 0 Å². The van der Waals surface area contributed by atoms with Crippen LogP contribution in [-0.2, 0) is 4.79 Å². The van der Waals surface area contributed by atoms with E-state index < -0.39 is 0 Å². The molecular weight excluding hydrogens is 152 g/mol. The lowest BCUT2D eigenvalue weighted by molar-refractivity contribution is 0.206. The number of carbonyl (C=O) groups excluding carboxylic acids is 1. The van der Waals surface area contributed by atoms with Gasteiger partial charge in [0.05, 0.1) is 0 Å². The van der Waals surface area contributed by atoms with E-state index in [1.807, 2.05) is 0 Å². The summed E-state index contributed by atoms with van der Waals surface area (Å²) in [5.74, 6) is 0. The van der Waals surface area contributed by atoms with Crippen molar-refractivity contribution in [2.45, 2.75) is 37.8 Å². The minimum absolute atomic E-state index is 0.351. The molecule has 1 aliphatic carbocycles. The number of rotatable bonds is 3. The molecule has 0 heterocycles. The maximum atomic E-state index is 10.1. The maximum absolute atomic E-state index is 10.1. The molecular formula is C9H17N2O. The molecule has 3 nitrogen and oxygen atoms in total. The van der Waals surface area contributed by atoms with Crippen LogP contribution in [0.15, 0.2) is 0 Å². The summed E-state index contributed by atoms with van der Waals surface area (Å²) in [6.45, 7) is 0. The van der Waals surface area contributed by atoms with Crippen molar-refractivity contribution in [3.63, 3.8) is 0 Å². The quantitative estimate of drug-likeness (QED) is 0.624. The number of hydrogen-bond donors (Lipinski definition) is 1. The van der Waals surface area contributed by atoms with Crippen LogP contribution in [0.5, 0.6) is 0 Å². The Morgan fingerprint density at radius 2 is 2.17 bits per heavy atom. The highest BCUT2D eigenvalue weighted by Gasteiger charge is 2.22. The van der Waals surface area contributed by atoms with Crippen molar-refractivity contribution < 1.29 is 4.79 Å². The highest BCUT2D eigenvalue weighted by atomic mass is 16.1. The summed E-state index contributed by atoms with van der Waals surface area (Å²) in [5, 5.41) is 2.74. The number of nitrogens with one attached hydrogen (secondary N) is 1. The van der Waals surface area contributed by atoms with Crippen LogP contribution in [0, 0.1) is 0 Å². The Bertz CT molecular complexity index is 147. The Morgan fingerprint density at radius 3 is 2.75 bits per heavy atom. The highest BCUT2D eigenvalue weighted by Crippen LogP contribution is 2.20. The van der Waals surface area contributed by atoms with Gasteiger partial charge in [-0.15, -0.1) is 0 Å². The molecule has 69 valence electrons. The standard InChI is InChI=1S/C9H17N2O/c1-11(2)9-5-3-4-8(6-9)10-7-12/h8-9H,3-6H2,1-2H3,(H,10,12). The summed E-state index contributed by atoms with van der Waals surface area (Å²) in [6.07, 6.45) is 6.43. The second-order valence-corrected chi connectivity index (χ2v) is 3.73. The zero-order valence-corrected chi connectivity index (χ0v) is 7.84. The Labute approximate surface area is 74.1 Å². The van der Waals surface area contributed by atoms with E-state index >= 15 is 0 Å². The summed E-state index contributed by atoms with van der Waals surface area (Å²) < 4.78 is 0. The van der Waals surface area contributed by atoms with E-state index in [1.54, 1.807) is 6.41 Å². The van der Waals surface area contributed by atoms with Crippen molar-refractivity contribution in [2.24, 2.45) is 0 Å². The Morgan fingerprint density at radius 1 is 1.42 bits per heavy atom. The average Bonchev–Trinajstić information content (AvgIpc) is 2.05. The van der Waals surface area contributed by atoms with Crippen molar-refractivity contribution in [1.29, 1.82) is 0 Å². The monoisotopic (exact) mass is 169 g/mol. The molecule has 0 spiro atoms. The lowest BCUT2D eigenvalue weighted by atomic mass is 9.90. The summed E-state index contributed by atoms with van der Waals surface area (Å²) in [4.78, 5) is 12.3. The Kier molecular flexibility index (Phi) is 3.53. The molecule has 0 aromatic heterocycles. The zero-order chi connectivity index (χ0) is 8.97. The molecule has 1 fully saturated rings. The molecule has 1 N–H and O–H groups in total. The average molecular weight is 169 g/mol. The fourth-order valence-electron chi connectivity index (χ4n) is 1.85. The van der Waals surface area contributed by atoms with Crippen LogP contribution < -0.4 is 5.32 Å². The second kappa shape index (κ2) is 4.45. The zero-order valence-electron chi connectivity index (χ0n) is 7.84. The van der Waals surface area contributed by atoms with Crippen LogP contribution in [0.2, 0.25) is 0 Å². The second-order valence-electron chi connectivity index (χ2n) is 3.73. The van der Waals surface area contributed by atoms with Crippen molar-refractivity contribution in [1.82, 2.24) is 10.2 Å². The van der Waals surface area contributed by atoms with Crippen LogP contribution in [0.3, 0.4) is 0 Å².